The van der Waals surface area contributed by atoms with Crippen LogP contribution in [0.3, 0.4) is 0 Å². The van der Waals surface area contributed by atoms with Crippen molar-refractivity contribution in [1.29, 1.82) is 0 Å². The molecule has 0 fully saturated rings. The molecular weight excluding hydrogens is 326 g/mol. The molecule has 1 amide bonds. The van der Waals surface area contributed by atoms with E-state index in [0.717, 1.165) is 20.7 Å². The Kier molecular flexibility index (Phi) is 4.68. The van der Waals surface area contributed by atoms with Gasteiger partial charge < -0.3 is 11.1 Å². The molecule has 1 heterocycles. The van der Waals surface area contributed by atoms with Gasteiger partial charge in [0, 0.05) is 16.3 Å². The highest BCUT2D eigenvalue weighted by Gasteiger charge is 2.12. The van der Waals surface area contributed by atoms with E-state index in [-0.39, 0.29) is 5.91 Å². The van der Waals surface area contributed by atoms with E-state index in [2.05, 4.69) is 26.2 Å². The Hall–Kier alpha value is -1.24. The average Bonchev–Trinajstić information content (AvgIpc) is 2.84. The van der Waals surface area contributed by atoms with Gasteiger partial charge in [0.25, 0.3) is 5.91 Å². The van der Waals surface area contributed by atoms with Crippen LogP contribution in [-0.4, -0.2) is 17.4 Å². The predicted molar refractivity (Wildman–Crippen MR) is 81.7 cm³/mol. The second-order valence-electron chi connectivity index (χ2n) is 4.06. The van der Waals surface area contributed by atoms with Gasteiger partial charge in [0.1, 0.15) is 5.69 Å². The normalized spacial score (nSPS) is 10.5. The van der Waals surface area contributed by atoms with Gasteiger partial charge in [-0.1, -0.05) is 12.1 Å². The minimum absolute atomic E-state index is 0.203. The number of carbonyl (C=O) groups is 1. The lowest BCUT2D eigenvalue weighted by Crippen LogP contribution is -2.13. The molecule has 0 atom stereocenters. The van der Waals surface area contributed by atoms with Crippen molar-refractivity contribution >= 4 is 38.9 Å². The van der Waals surface area contributed by atoms with Gasteiger partial charge >= 0.3 is 0 Å². The molecule has 1 aromatic heterocycles. The minimum Gasteiger partial charge on any atom is -0.330 e. The van der Waals surface area contributed by atoms with Gasteiger partial charge in [0.2, 0.25) is 0 Å². The van der Waals surface area contributed by atoms with E-state index in [0.29, 0.717) is 18.7 Å². The van der Waals surface area contributed by atoms with Crippen molar-refractivity contribution in [3.05, 3.63) is 44.3 Å². The second-order valence-corrected chi connectivity index (χ2v) is 5.79. The quantitative estimate of drug-likeness (QED) is 0.899. The van der Waals surface area contributed by atoms with Crippen LogP contribution in [0.25, 0.3) is 0 Å². The first-order valence-electron chi connectivity index (χ1n) is 5.82. The maximum absolute atomic E-state index is 12.1. The number of carbonyl (C=O) groups excluding carboxylic acids is 1. The molecule has 0 spiro atoms. The Balaban J connectivity index is 2.14. The monoisotopic (exact) mass is 339 g/mol. The smallest absolute Gasteiger partial charge is 0.275 e. The Morgan fingerprint density at radius 1 is 1.53 bits per heavy atom. The van der Waals surface area contributed by atoms with Crippen LogP contribution in [-0.2, 0) is 6.42 Å². The van der Waals surface area contributed by atoms with Crippen LogP contribution >= 0.6 is 27.3 Å². The molecule has 6 heteroatoms. The van der Waals surface area contributed by atoms with Gasteiger partial charge in [0.05, 0.1) is 10.7 Å². The van der Waals surface area contributed by atoms with Gasteiger partial charge in [-0.15, -0.1) is 11.3 Å². The number of benzene rings is 1. The highest BCUT2D eigenvalue weighted by Crippen LogP contribution is 2.26. The van der Waals surface area contributed by atoms with Crippen molar-refractivity contribution in [3.8, 4) is 0 Å². The van der Waals surface area contributed by atoms with E-state index in [9.17, 15) is 4.79 Å². The Labute approximate surface area is 124 Å². The van der Waals surface area contributed by atoms with E-state index >= 15 is 0 Å². The summed E-state index contributed by atoms with van der Waals surface area (Å²) in [4.78, 5) is 16.3. The molecule has 0 aliphatic carbocycles. The van der Waals surface area contributed by atoms with Crippen molar-refractivity contribution in [2.75, 3.05) is 11.9 Å². The zero-order valence-corrected chi connectivity index (χ0v) is 12.8. The van der Waals surface area contributed by atoms with Crippen molar-refractivity contribution in [2.45, 2.75) is 13.3 Å². The molecule has 0 saturated carbocycles. The fourth-order valence-electron chi connectivity index (χ4n) is 1.58. The minimum atomic E-state index is -0.203. The number of nitrogens with two attached hydrogens (primary N) is 1. The van der Waals surface area contributed by atoms with Gasteiger partial charge in [-0.2, -0.15) is 0 Å². The predicted octanol–water partition coefficient (Wildman–Crippen LogP) is 2.97. The number of aryl methyl sites for hydroxylation is 1. The molecule has 0 unspecified atom stereocenters. The molecule has 2 aromatic rings. The van der Waals surface area contributed by atoms with Crippen LogP contribution in [0.2, 0.25) is 0 Å². The third-order valence-corrected chi connectivity index (χ3v) is 4.54. The number of thiazole rings is 1. The summed E-state index contributed by atoms with van der Waals surface area (Å²) in [6, 6.07) is 5.72. The van der Waals surface area contributed by atoms with E-state index in [4.69, 9.17) is 5.73 Å². The van der Waals surface area contributed by atoms with Crippen LogP contribution in [0, 0.1) is 6.92 Å². The number of aromatic nitrogens is 1. The number of anilines is 1. The highest BCUT2D eigenvalue weighted by atomic mass is 79.9. The Morgan fingerprint density at radius 3 is 3.05 bits per heavy atom. The van der Waals surface area contributed by atoms with Gasteiger partial charge in [-0.05, 0) is 41.0 Å². The van der Waals surface area contributed by atoms with Crippen LogP contribution < -0.4 is 11.1 Å². The van der Waals surface area contributed by atoms with Crippen molar-refractivity contribution < 1.29 is 4.79 Å². The standard InChI is InChI=1S/C13H14BrN3OS/c1-8-3-2-4-9(12(8)14)17-13(18)10-7-19-11(16-10)5-6-15/h2-4,7H,5-6,15H2,1H3,(H,17,18). The Morgan fingerprint density at radius 2 is 2.32 bits per heavy atom. The van der Waals surface area contributed by atoms with E-state index in [1.165, 1.54) is 11.3 Å². The number of nitrogens with one attached hydrogen (secondary N) is 1. The fraction of sp³-hybridized carbons (Fsp3) is 0.231. The topological polar surface area (TPSA) is 68.0 Å². The maximum atomic E-state index is 12.1. The van der Waals surface area contributed by atoms with Crippen LogP contribution in [0.4, 0.5) is 5.69 Å². The molecular formula is C13H14BrN3OS. The lowest BCUT2D eigenvalue weighted by molar-refractivity contribution is 0.102. The largest absolute Gasteiger partial charge is 0.330 e. The fourth-order valence-corrected chi connectivity index (χ4v) is 2.74. The van der Waals surface area contributed by atoms with Crippen molar-refractivity contribution in [3.63, 3.8) is 0 Å². The van der Waals surface area contributed by atoms with E-state index < -0.39 is 0 Å². The molecule has 100 valence electrons. The Bertz CT molecular complexity index is 597. The number of nitrogens with zero attached hydrogens (tertiary/aromatic N) is 1. The first-order chi connectivity index (χ1) is 9.11. The molecule has 0 bridgehead atoms. The highest BCUT2D eigenvalue weighted by molar-refractivity contribution is 9.10. The molecule has 3 N–H and O–H groups in total. The van der Waals surface area contributed by atoms with E-state index in [1.807, 2.05) is 25.1 Å². The summed E-state index contributed by atoms with van der Waals surface area (Å²) in [7, 11) is 0. The summed E-state index contributed by atoms with van der Waals surface area (Å²) in [5, 5.41) is 5.49. The summed E-state index contributed by atoms with van der Waals surface area (Å²) in [6.07, 6.45) is 0.700. The molecule has 0 aliphatic rings. The summed E-state index contributed by atoms with van der Waals surface area (Å²) >= 11 is 4.92. The molecule has 0 aliphatic heterocycles. The summed E-state index contributed by atoms with van der Waals surface area (Å²) < 4.78 is 0.890. The maximum Gasteiger partial charge on any atom is 0.275 e. The van der Waals surface area contributed by atoms with Crippen molar-refractivity contribution in [1.82, 2.24) is 4.98 Å². The first-order valence-corrected chi connectivity index (χ1v) is 7.50. The number of hydrogen-bond donors (Lipinski definition) is 2. The average molecular weight is 340 g/mol. The molecule has 1 aromatic carbocycles. The van der Waals surface area contributed by atoms with Gasteiger partial charge in [0.15, 0.2) is 0 Å². The summed E-state index contributed by atoms with van der Waals surface area (Å²) in [5.74, 6) is -0.203. The summed E-state index contributed by atoms with van der Waals surface area (Å²) in [6.45, 7) is 2.51. The first kappa shape index (κ1) is 14.2. The lowest BCUT2D eigenvalue weighted by atomic mass is 10.2. The van der Waals surface area contributed by atoms with E-state index in [1.54, 1.807) is 5.38 Å². The number of amides is 1. The zero-order valence-electron chi connectivity index (χ0n) is 10.4. The molecule has 0 saturated heterocycles. The van der Waals surface area contributed by atoms with Gasteiger partial charge in [-0.25, -0.2) is 4.98 Å². The number of hydrogen-bond acceptors (Lipinski definition) is 4. The molecule has 4 nitrogen and oxygen atoms in total. The van der Waals surface area contributed by atoms with Crippen LogP contribution in [0.15, 0.2) is 28.1 Å². The number of halogens is 1. The summed E-state index contributed by atoms with van der Waals surface area (Å²) in [5.41, 5.74) is 7.72. The van der Waals surface area contributed by atoms with Crippen LogP contribution in [0.5, 0.6) is 0 Å². The zero-order chi connectivity index (χ0) is 13.8. The SMILES string of the molecule is Cc1cccc(NC(=O)c2csc(CCN)n2)c1Br. The molecule has 19 heavy (non-hydrogen) atoms. The van der Waals surface area contributed by atoms with Crippen LogP contribution in [0.1, 0.15) is 21.1 Å². The lowest BCUT2D eigenvalue weighted by Gasteiger charge is -2.07. The van der Waals surface area contributed by atoms with Crippen molar-refractivity contribution in [2.24, 2.45) is 5.73 Å². The molecule has 0 radical (unpaired) electrons. The second kappa shape index (κ2) is 6.27. The third-order valence-electron chi connectivity index (χ3n) is 2.58. The number of rotatable bonds is 4. The molecule has 2 rings (SSSR count). The van der Waals surface area contributed by atoms with Gasteiger partial charge in [-0.3, -0.25) is 4.79 Å². The third kappa shape index (κ3) is 3.40.